The molecule has 7 heteroatoms. The van der Waals surface area contributed by atoms with Gasteiger partial charge in [-0.25, -0.2) is 9.48 Å². The van der Waals surface area contributed by atoms with E-state index in [4.69, 9.17) is 10.5 Å². The molecule has 0 unspecified atom stereocenters. The molecule has 14 heavy (non-hydrogen) atoms. The zero-order chi connectivity index (χ0) is 10.4. The molecule has 7 nitrogen and oxygen atoms in total. The van der Waals surface area contributed by atoms with E-state index in [0.29, 0.717) is 19.7 Å². The Hall–Kier alpha value is -1.50. The van der Waals surface area contributed by atoms with Crippen molar-refractivity contribution in [3.63, 3.8) is 0 Å². The van der Waals surface area contributed by atoms with Crippen LogP contribution in [-0.2, 0) is 11.3 Å². The number of ether oxygens (including phenoxy) is 1. The van der Waals surface area contributed by atoms with E-state index in [2.05, 4.69) is 15.5 Å². The van der Waals surface area contributed by atoms with Crippen LogP contribution >= 0.6 is 0 Å². The molecule has 0 amide bonds. The van der Waals surface area contributed by atoms with Crippen LogP contribution < -0.4 is 5.73 Å². The van der Waals surface area contributed by atoms with E-state index in [1.54, 1.807) is 6.92 Å². The Kier molecular flexibility index (Phi) is 3.99. The Morgan fingerprint density at radius 3 is 3.07 bits per heavy atom. The summed E-state index contributed by atoms with van der Waals surface area (Å²) >= 11 is 0. The van der Waals surface area contributed by atoms with E-state index in [9.17, 15) is 4.79 Å². The number of nitrogens with zero attached hydrogens (tertiary/aromatic N) is 4. The fourth-order valence-corrected chi connectivity index (χ4v) is 0.938. The van der Waals surface area contributed by atoms with Crippen molar-refractivity contribution >= 4 is 5.97 Å². The molecular formula is C7H13N5O2. The highest BCUT2D eigenvalue weighted by Crippen LogP contribution is 1.96. The number of esters is 1. The van der Waals surface area contributed by atoms with Crippen molar-refractivity contribution in [3.8, 4) is 0 Å². The fourth-order valence-electron chi connectivity index (χ4n) is 0.938. The lowest BCUT2D eigenvalue weighted by Gasteiger charge is -2.02. The number of tetrazole rings is 1. The van der Waals surface area contributed by atoms with Gasteiger partial charge < -0.3 is 10.5 Å². The number of hydrogen-bond donors (Lipinski definition) is 1. The number of aromatic nitrogens is 4. The first-order chi connectivity index (χ1) is 6.79. The standard InChI is InChI=1S/C7H13N5O2/c1-2-14-7(13)6-9-10-11-12(6)5-3-4-8/h2-5,8H2,1H3. The van der Waals surface area contributed by atoms with Crippen LogP contribution in [0.1, 0.15) is 24.0 Å². The molecule has 0 fully saturated rings. The first-order valence-corrected chi connectivity index (χ1v) is 4.43. The summed E-state index contributed by atoms with van der Waals surface area (Å²) in [5, 5.41) is 10.6. The number of rotatable bonds is 5. The SMILES string of the molecule is CCOC(=O)c1nnnn1CCCN. The van der Waals surface area contributed by atoms with Crippen molar-refractivity contribution < 1.29 is 9.53 Å². The number of nitrogens with two attached hydrogens (primary N) is 1. The molecule has 0 aliphatic heterocycles. The van der Waals surface area contributed by atoms with Crippen LogP contribution in [0, 0.1) is 0 Å². The highest BCUT2D eigenvalue weighted by Gasteiger charge is 2.15. The summed E-state index contributed by atoms with van der Waals surface area (Å²) in [5.41, 5.74) is 5.33. The third-order valence-corrected chi connectivity index (χ3v) is 1.56. The summed E-state index contributed by atoms with van der Waals surface area (Å²) in [7, 11) is 0. The summed E-state index contributed by atoms with van der Waals surface area (Å²) < 4.78 is 6.17. The number of hydrogen-bond acceptors (Lipinski definition) is 6. The van der Waals surface area contributed by atoms with Crippen molar-refractivity contribution in [2.75, 3.05) is 13.2 Å². The molecule has 1 rings (SSSR count). The van der Waals surface area contributed by atoms with E-state index in [1.165, 1.54) is 4.68 Å². The zero-order valence-corrected chi connectivity index (χ0v) is 8.01. The van der Waals surface area contributed by atoms with Crippen LogP contribution in [0.25, 0.3) is 0 Å². The molecule has 2 N–H and O–H groups in total. The molecule has 1 heterocycles. The van der Waals surface area contributed by atoms with Gasteiger partial charge in [0.15, 0.2) is 0 Å². The average Bonchev–Trinajstić information content (AvgIpc) is 2.63. The van der Waals surface area contributed by atoms with Crippen LogP contribution in [0.3, 0.4) is 0 Å². The highest BCUT2D eigenvalue weighted by molar-refractivity contribution is 5.85. The van der Waals surface area contributed by atoms with Crippen LogP contribution in [0.4, 0.5) is 0 Å². The first kappa shape index (κ1) is 10.6. The minimum Gasteiger partial charge on any atom is -0.460 e. The third-order valence-electron chi connectivity index (χ3n) is 1.56. The molecule has 0 atom stereocenters. The summed E-state index contributed by atoms with van der Waals surface area (Å²) in [6.45, 7) is 3.09. The maximum atomic E-state index is 11.3. The second kappa shape index (κ2) is 5.28. The molecule has 78 valence electrons. The lowest BCUT2D eigenvalue weighted by atomic mass is 10.4. The van der Waals surface area contributed by atoms with Gasteiger partial charge in [-0.2, -0.15) is 0 Å². The first-order valence-electron chi connectivity index (χ1n) is 4.43. The van der Waals surface area contributed by atoms with Crippen molar-refractivity contribution in [1.82, 2.24) is 20.2 Å². The quantitative estimate of drug-likeness (QED) is 0.623. The molecule has 0 aliphatic carbocycles. The molecule has 0 aromatic carbocycles. The summed E-state index contributed by atoms with van der Waals surface area (Å²) in [6, 6.07) is 0. The van der Waals surface area contributed by atoms with Gasteiger partial charge in [0.1, 0.15) is 0 Å². The minimum atomic E-state index is -0.505. The Balaban J connectivity index is 2.66. The van der Waals surface area contributed by atoms with Crippen LogP contribution in [0.15, 0.2) is 0 Å². The Bertz CT molecular complexity index is 298. The predicted octanol–water partition coefficient (Wildman–Crippen LogP) is -0.801. The fraction of sp³-hybridized carbons (Fsp3) is 0.714. The zero-order valence-electron chi connectivity index (χ0n) is 8.01. The van der Waals surface area contributed by atoms with Gasteiger partial charge in [-0.1, -0.05) is 0 Å². The van der Waals surface area contributed by atoms with Gasteiger partial charge in [-0.05, 0) is 30.3 Å². The molecule has 0 bridgehead atoms. The lowest BCUT2D eigenvalue weighted by molar-refractivity contribution is 0.0504. The van der Waals surface area contributed by atoms with Crippen molar-refractivity contribution in [1.29, 1.82) is 0 Å². The van der Waals surface area contributed by atoms with Gasteiger partial charge in [-0.3, -0.25) is 0 Å². The molecule has 1 aromatic heterocycles. The van der Waals surface area contributed by atoms with Crippen LogP contribution in [0.2, 0.25) is 0 Å². The van der Waals surface area contributed by atoms with E-state index in [-0.39, 0.29) is 5.82 Å². The number of carbonyl (C=O) groups excluding carboxylic acids is 1. The second-order valence-electron chi connectivity index (χ2n) is 2.59. The molecule has 1 aromatic rings. The Morgan fingerprint density at radius 2 is 2.43 bits per heavy atom. The van der Waals surface area contributed by atoms with Crippen LogP contribution in [-0.4, -0.2) is 39.3 Å². The Labute approximate surface area is 81.2 Å². The highest BCUT2D eigenvalue weighted by atomic mass is 16.5. The van der Waals surface area contributed by atoms with Crippen molar-refractivity contribution in [3.05, 3.63) is 5.82 Å². The largest absolute Gasteiger partial charge is 0.460 e. The van der Waals surface area contributed by atoms with Gasteiger partial charge in [0.05, 0.1) is 6.61 Å². The predicted molar refractivity (Wildman–Crippen MR) is 47.4 cm³/mol. The second-order valence-corrected chi connectivity index (χ2v) is 2.59. The van der Waals surface area contributed by atoms with E-state index in [0.717, 1.165) is 6.42 Å². The van der Waals surface area contributed by atoms with Crippen molar-refractivity contribution in [2.24, 2.45) is 5.73 Å². The average molecular weight is 199 g/mol. The lowest BCUT2D eigenvalue weighted by Crippen LogP contribution is -2.16. The normalized spacial score (nSPS) is 10.1. The van der Waals surface area contributed by atoms with E-state index >= 15 is 0 Å². The number of aryl methyl sites for hydroxylation is 1. The maximum absolute atomic E-state index is 11.3. The number of carbonyl (C=O) groups is 1. The topological polar surface area (TPSA) is 95.9 Å². The molecule has 0 saturated heterocycles. The van der Waals surface area contributed by atoms with Gasteiger partial charge in [-0.15, -0.1) is 5.10 Å². The van der Waals surface area contributed by atoms with Gasteiger partial charge in [0, 0.05) is 6.54 Å². The summed E-state index contributed by atoms with van der Waals surface area (Å²) in [6.07, 6.45) is 0.720. The Morgan fingerprint density at radius 1 is 1.64 bits per heavy atom. The monoisotopic (exact) mass is 199 g/mol. The van der Waals surface area contributed by atoms with Crippen LogP contribution in [0.5, 0.6) is 0 Å². The summed E-state index contributed by atoms with van der Waals surface area (Å²) in [4.78, 5) is 11.3. The smallest absolute Gasteiger partial charge is 0.378 e. The molecule has 0 spiro atoms. The third kappa shape index (κ3) is 2.49. The van der Waals surface area contributed by atoms with Gasteiger partial charge in [0.25, 0.3) is 5.82 Å². The molecule has 0 aliphatic rings. The van der Waals surface area contributed by atoms with Gasteiger partial charge in [0.2, 0.25) is 0 Å². The minimum absolute atomic E-state index is 0.125. The van der Waals surface area contributed by atoms with Crippen molar-refractivity contribution in [2.45, 2.75) is 19.9 Å². The molecular weight excluding hydrogens is 186 g/mol. The maximum Gasteiger partial charge on any atom is 0.378 e. The van der Waals surface area contributed by atoms with Gasteiger partial charge >= 0.3 is 5.97 Å². The summed E-state index contributed by atoms with van der Waals surface area (Å²) in [5.74, 6) is -0.380. The molecule has 0 radical (unpaired) electrons. The van der Waals surface area contributed by atoms with E-state index < -0.39 is 5.97 Å². The molecule has 0 saturated carbocycles. The van der Waals surface area contributed by atoms with E-state index in [1.807, 2.05) is 0 Å².